The Bertz CT molecular complexity index is 416. The maximum atomic E-state index is 2.48. The molecule has 0 bridgehead atoms. The molecule has 1 spiro atoms. The van der Waals surface area contributed by atoms with Crippen molar-refractivity contribution in [1.82, 2.24) is 0 Å². The van der Waals surface area contributed by atoms with Gasteiger partial charge >= 0.3 is 0 Å². The van der Waals surface area contributed by atoms with Crippen molar-refractivity contribution in [2.45, 2.75) is 33.1 Å². The van der Waals surface area contributed by atoms with Gasteiger partial charge in [-0.15, -0.1) is 0 Å². The summed E-state index contributed by atoms with van der Waals surface area (Å²) < 4.78 is 0. The van der Waals surface area contributed by atoms with E-state index in [0.29, 0.717) is 5.41 Å². The van der Waals surface area contributed by atoms with E-state index in [1.807, 2.05) is 0 Å². The van der Waals surface area contributed by atoms with Gasteiger partial charge in [0.2, 0.25) is 0 Å². The van der Waals surface area contributed by atoms with Gasteiger partial charge in [-0.25, -0.2) is 0 Å². The number of aryl methyl sites for hydroxylation is 1. The molecule has 0 unspecified atom stereocenters. The summed E-state index contributed by atoms with van der Waals surface area (Å²) in [5.41, 5.74) is 6.64. The van der Waals surface area contributed by atoms with Crippen LogP contribution in [0.3, 0.4) is 0 Å². The van der Waals surface area contributed by atoms with Crippen LogP contribution in [0.2, 0.25) is 0 Å². The van der Waals surface area contributed by atoms with Crippen molar-refractivity contribution in [2.75, 3.05) is 18.5 Å². The van der Waals surface area contributed by atoms with Crippen molar-refractivity contribution in [2.24, 2.45) is 5.41 Å². The van der Waals surface area contributed by atoms with Gasteiger partial charge in [0.05, 0.1) is 0 Å². The van der Waals surface area contributed by atoms with Crippen LogP contribution in [0.15, 0.2) is 12.1 Å². The van der Waals surface area contributed by atoms with Gasteiger partial charge in [-0.3, -0.25) is 0 Å². The van der Waals surface area contributed by atoms with Gasteiger partial charge in [0.15, 0.2) is 0 Å². The third-order valence-electron chi connectivity index (χ3n) is 4.26. The summed E-state index contributed by atoms with van der Waals surface area (Å²) in [5.74, 6) is 0. The van der Waals surface area contributed by atoms with Crippen molar-refractivity contribution >= 4 is 5.69 Å². The van der Waals surface area contributed by atoms with Crippen LogP contribution in [0.1, 0.15) is 29.5 Å². The highest BCUT2D eigenvalue weighted by Gasteiger charge is 2.46. The number of fused-ring (bicyclic) bond motifs is 1. The maximum Gasteiger partial charge on any atom is 0.0428 e. The second kappa shape index (κ2) is 2.78. The minimum atomic E-state index is 0.656. The highest BCUT2D eigenvalue weighted by Crippen LogP contribution is 2.53. The van der Waals surface area contributed by atoms with Crippen molar-refractivity contribution in [1.29, 1.82) is 0 Å². The fraction of sp³-hybridized carbons (Fsp3) is 0.571. The third-order valence-corrected chi connectivity index (χ3v) is 4.26. The minimum Gasteiger partial charge on any atom is -0.374 e. The minimum absolute atomic E-state index is 0.656. The van der Waals surface area contributed by atoms with Gasteiger partial charge in [0.1, 0.15) is 0 Å². The molecule has 1 aliphatic heterocycles. The molecule has 0 atom stereocenters. The molecular formula is C14H19N. The van der Waals surface area contributed by atoms with Crippen molar-refractivity contribution < 1.29 is 0 Å². The Hall–Kier alpha value is -0.980. The molecule has 0 radical (unpaired) electrons. The van der Waals surface area contributed by atoms with Crippen LogP contribution < -0.4 is 4.90 Å². The Balaban J connectivity index is 2.12. The zero-order valence-electron chi connectivity index (χ0n) is 9.93. The Labute approximate surface area is 92.1 Å². The summed E-state index contributed by atoms with van der Waals surface area (Å²) in [7, 11) is 2.25. The standard InChI is InChI=1S/C14H19N/c1-10-4-5-12-8-14(6-7-14)9-15(3)13(12)11(10)2/h4-5H,6-9H2,1-3H3. The Kier molecular flexibility index (Phi) is 1.72. The van der Waals surface area contributed by atoms with E-state index in [2.05, 4.69) is 37.9 Å². The van der Waals surface area contributed by atoms with E-state index in [1.165, 1.54) is 42.6 Å². The van der Waals surface area contributed by atoms with Crippen molar-refractivity contribution in [3.05, 3.63) is 28.8 Å². The largest absolute Gasteiger partial charge is 0.374 e. The molecule has 0 N–H and O–H groups in total. The number of hydrogen-bond donors (Lipinski definition) is 0. The van der Waals surface area contributed by atoms with Crippen LogP contribution in [0, 0.1) is 19.3 Å². The monoisotopic (exact) mass is 201 g/mol. The molecule has 1 heterocycles. The van der Waals surface area contributed by atoms with E-state index in [9.17, 15) is 0 Å². The highest BCUT2D eigenvalue weighted by atomic mass is 15.1. The van der Waals surface area contributed by atoms with Gasteiger partial charge in [0, 0.05) is 19.3 Å². The van der Waals surface area contributed by atoms with E-state index in [1.54, 1.807) is 5.56 Å². The zero-order valence-corrected chi connectivity index (χ0v) is 9.93. The zero-order chi connectivity index (χ0) is 10.6. The molecule has 1 saturated carbocycles. The quantitative estimate of drug-likeness (QED) is 0.623. The van der Waals surface area contributed by atoms with Crippen LogP contribution in [-0.2, 0) is 6.42 Å². The fourth-order valence-corrected chi connectivity index (χ4v) is 3.08. The predicted octanol–water partition coefficient (Wildman–Crippen LogP) is 3.08. The molecule has 0 amide bonds. The van der Waals surface area contributed by atoms with E-state index in [0.717, 1.165) is 0 Å². The molecule has 2 aliphatic rings. The normalized spacial score (nSPS) is 21.7. The number of hydrogen-bond acceptors (Lipinski definition) is 1. The summed E-state index contributed by atoms with van der Waals surface area (Å²) >= 11 is 0. The number of nitrogens with zero attached hydrogens (tertiary/aromatic N) is 1. The van der Waals surface area contributed by atoms with E-state index in [-0.39, 0.29) is 0 Å². The lowest BCUT2D eigenvalue weighted by Crippen LogP contribution is -2.34. The van der Waals surface area contributed by atoms with Crippen LogP contribution in [0.5, 0.6) is 0 Å². The molecule has 1 aromatic carbocycles. The average Bonchev–Trinajstić information content (AvgIpc) is 2.91. The summed E-state index contributed by atoms with van der Waals surface area (Å²) in [6, 6.07) is 4.62. The molecular weight excluding hydrogens is 182 g/mol. The molecule has 1 nitrogen and oxygen atoms in total. The van der Waals surface area contributed by atoms with Crippen LogP contribution >= 0.6 is 0 Å². The van der Waals surface area contributed by atoms with Crippen molar-refractivity contribution in [3.8, 4) is 0 Å². The first-order valence-corrected chi connectivity index (χ1v) is 5.92. The first-order valence-electron chi connectivity index (χ1n) is 5.92. The summed E-state index contributed by atoms with van der Waals surface area (Å²) in [6.07, 6.45) is 4.18. The van der Waals surface area contributed by atoms with Crippen LogP contribution in [0.25, 0.3) is 0 Å². The topological polar surface area (TPSA) is 3.24 Å². The Morgan fingerprint density at radius 2 is 1.93 bits per heavy atom. The summed E-state index contributed by atoms with van der Waals surface area (Å²) in [6.45, 7) is 5.74. The number of benzene rings is 1. The van der Waals surface area contributed by atoms with Gasteiger partial charge in [0.25, 0.3) is 0 Å². The molecule has 1 aromatic rings. The van der Waals surface area contributed by atoms with Gasteiger partial charge in [-0.1, -0.05) is 12.1 Å². The molecule has 0 aromatic heterocycles. The maximum absolute atomic E-state index is 2.48. The number of anilines is 1. The molecule has 3 rings (SSSR count). The Morgan fingerprint density at radius 1 is 1.20 bits per heavy atom. The molecule has 1 heteroatoms. The SMILES string of the molecule is Cc1ccc2c(c1C)N(C)CC1(CC1)C2. The van der Waals surface area contributed by atoms with E-state index >= 15 is 0 Å². The molecule has 1 aliphatic carbocycles. The smallest absolute Gasteiger partial charge is 0.0428 e. The van der Waals surface area contributed by atoms with Crippen LogP contribution in [-0.4, -0.2) is 13.6 Å². The van der Waals surface area contributed by atoms with Crippen LogP contribution in [0.4, 0.5) is 5.69 Å². The van der Waals surface area contributed by atoms with E-state index < -0.39 is 0 Å². The average molecular weight is 201 g/mol. The molecule has 0 saturated heterocycles. The second-order valence-corrected chi connectivity index (χ2v) is 5.55. The Morgan fingerprint density at radius 3 is 2.60 bits per heavy atom. The predicted molar refractivity (Wildman–Crippen MR) is 64.6 cm³/mol. The molecule has 15 heavy (non-hydrogen) atoms. The lowest BCUT2D eigenvalue weighted by atomic mass is 9.87. The molecule has 80 valence electrons. The van der Waals surface area contributed by atoms with Gasteiger partial charge in [-0.05, 0) is 55.2 Å². The van der Waals surface area contributed by atoms with Crippen molar-refractivity contribution in [3.63, 3.8) is 0 Å². The highest BCUT2D eigenvalue weighted by molar-refractivity contribution is 5.63. The van der Waals surface area contributed by atoms with Gasteiger partial charge < -0.3 is 4.90 Å². The third kappa shape index (κ3) is 1.29. The summed E-state index contributed by atoms with van der Waals surface area (Å²) in [4.78, 5) is 2.48. The second-order valence-electron chi connectivity index (χ2n) is 5.55. The molecule has 1 fully saturated rings. The lowest BCUT2D eigenvalue weighted by molar-refractivity contribution is 0.486. The fourth-order valence-electron chi connectivity index (χ4n) is 3.08. The lowest BCUT2D eigenvalue weighted by Gasteiger charge is -2.35. The first kappa shape index (κ1) is 9.26. The van der Waals surface area contributed by atoms with Gasteiger partial charge in [-0.2, -0.15) is 0 Å². The number of rotatable bonds is 0. The van der Waals surface area contributed by atoms with E-state index in [4.69, 9.17) is 0 Å². The first-order chi connectivity index (χ1) is 7.11. The summed E-state index contributed by atoms with van der Waals surface area (Å²) in [5, 5.41) is 0.